The summed E-state index contributed by atoms with van der Waals surface area (Å²) in [4.78, 5) is 0. The highest BCUT2D eigenvalue weighted by Gasteiger charge is 2.07. The summed E-state index contributed by atoms with van der Waals surface area (Å²) in [6.07, 6.45) is 1.91. The van der Waals surface area contributed by atoms with E-state index in [1.807, 2.05) is 0 Å². The van der Waals surface area contributed by atoms with Crippen LogP contribution in [0.15, 0.2) is 0 Å². The lowest BCUT2D eigenvalue weighted by Crippen LogP contribution is -2.27. The van der Waals surface area contributed by atoms with E-state index in [1.54, 1.807) is 0 Å². The molecule has 0 aromatic heterocycles. The molecule has 2 atom stereocenters. The number of hydrogen-bond donors (Lipinski definition) is 2. The first-order valence-electron chi connectivity index (χ1n) is 4.59. The molecule has 0 rings (SSSR count). The number of aliphatic hydroxyl groups excluding tert-OH is 1. The fraction of sp³-hybridized carbons (Fsp3) is 1.00. The Balaban J connectivity index is 3.27. The van der Waals surface area contributed by atoms with E-state index in [0.717, 1.165) is 25.9 Å². The maximum atomic E-state index is 9.42. The van der Waals surface area contributed by atoms with E-state index in [4.69, 9.17) is 0 Å². The van der Waals surface area contributed by atoms with Gasteiger partial charge in [0.15, 0.2) is 0 Å². The molecule has 0 aliphatic carbocycles. The molecule has 0 spiro atoms. The topological polar surface area (TPSA) is 32.3 Å². The second-order valence-electron chi connectivity index (χ2n) is 3.21. The van der Waals surface area contributed by atoms with Crippen molar-refractivity contribution in [3.8, 4) is 0 Å². The van der Waals surface area contributed by atoms with Gasteiger partial charge in [0, 0.05) is 6.54 Å². The number of likely N-dealkylation sites (N-methyl/N-ethyl adjacent to an activating group) is 1. The van der Waals surface area contributed by atoms with Gasteiger partial charge in [0.1, 0.15) is 0 Å². The highest BCUT2D eigenvalue weighted by Crippen LogP contribution is 2.08. The summed E-state index contributed by atoms with van der Waals surface area (Å²) in [5.41, 5.74) is 0. The third kappa shape index (κ3) is 6.32. The first kappa shape index (κ1) is 10.9. The smallest absolute Gasteiger partial charge is 0.0667 e. The summed E-state index contributed by atoms with van der Waals surface area (Å²) >= 11 is 0. The van der Waals surface area contributed by atoms with E-state index in [-0.39, 0.29) is 6.10 Å². The van der Waals surface area contributed by atoms with E-state index < -0.39 is 0 Å². The van der Waals surface area contributed by atoms with Gasteiger partial charge in [-0.3, -0.25) is 0 Å². The van der Waals surface area contributed by atoms with Gasteiger partial charge in [-0.2, -0.15) is 0 Å². The van der Waals surface area contributed by atoms with E-state index in [1.165, 1.54) is 0 Å². The standard InChI is InChI=1S/C9H21NO/c1-4-8(3)6-9(11)7-10-5-2/h8-11H,4-7H2,1-3H3. The first-order chi connectivity index (χ1) is 5.20. The summed E-state index contributed by atoms with van der Waals surface area (Å²) in [5, 5.41) is 12.5. The molecule has 0 fully saturated rings. The molecule has 68 valence electrons. The van der Waals surface area contributed by atoms with Crippen LogP contribution in [0.2, 0.25) is 0 Å². The molecular weight excluding hydrogens is 138 g/mol. The minimum atomic E-state index is -0.162. The molecule has 2 unspecified atom stereocenters. The maximum Gasteiger partial charge on any atom is 0.0667 e. The lowest BCUT2D eigenvalue weighted by molar-refractivity contribution is 0.143. The Labute approximate surface area is 70.0 Å². The van der Waals surface area contributed by atoms with Gasteiger partial charge in [-0.1, -0.05) is 27.2 Å². The van der Waals surface area contributed by atoms with Crippen LogP contribution in [0.1, 0.15) is 33.6 Å². The van der Waals surface area contributed by atoms with Crippen LogP contribution in [0.4, 0.5) is 0 Å². The van der Waals surface area contributed by atoms with Gasteiger partial charge in [0.25, 0.3) is 0 Å². The van der Waals surface area contributed by atoms with Crippen molar-refractivity contribution in [3.05, 3.63) is 0 Å². The minimum Gasteiger partial charge on any atom is -0.392 e. The quantitative estimate of drug-likeness (QED) is 0.614. The van der Waals surface area contributed by atoms with Crippen molar-refractivity contribution in [2.45, 2.75) is 39.7 Å². The van der Waals surface area contributed by atoms with Crippen LogP contribution in [0, 0.1) is 5.92 Å². The predicted octanol–water partition coefficient (Wildman–Crippen LogP) is 1.39. The van der Waals surface area contributed by atoms with Crippen LogP contribution in [-0.4, -0.2) is 24.3 Å². The molecule has 0 heterocycles. The van der Waals surface area contributed by atoms with Gasteiger partial charge in [0.05, 0.1) is 6.10 Å². The molecule has 0 radical (unpaired) electrons. The van der Waals surface area contributed by atoms with Crippen LogP contribution in [-0.2, 0) is 0 Å². The number of hydrogen-bond acceptors (Lipinski definition) is 2. The molecule has 0 saturated heterocycles. The van der Waals surface area contributed by atoms with Crippen LogP contribution in [0.25, 0.3) is 0 Å². The highest BCUT2D eigenvalue weighted by atomic mass is 16.3. The Kier molecular flexibility index (Phi) is 6.57. The number of nitrogens with one attached hydrogen (secondary N) is 1. The Bertz CT molecular complexity index is 85.6. The highest BCUT2D eigenvalue weighted by molar-refractivity contribution is 4.62. The van der Waals surface area contributed by atoms with Crippen molar-refractivity contribution >= 4 is 0 Å². The molecule has 2 N–H and O–H groups in total. The number of rotatable bonds is 6. The first-order valence-corrected chi connectivity index (χ1v) is 4.59. The SMILES string of the molecule is CCNCC(O)CC(C)CC. The van der Waals surface area contributed by atoms with Crippen molar-refractivity contribution in [2.24, 2.45) is 5.92 Å². The molecule has 0 bridgehead atoms. The zero-order valence-corrected chi connectivity index (χ0v) is 7.93. The molecule has 11 heavy (non-hydrogen) atoms. The normalized spacial score (nSPS) is 16.4. The van der Waals surface area contributed by atoms with Crippen LogP contribution >= 0.6 is 0 Å². The van der Waals surface area contributed by atoms with Crippen molar-refractivity contribution < 1.29 is 5.11 Å². The van der Waals surface area contributed by atoms with Gasteiger partial charge in [-0.15, -0.1) is 0 Å². The number of aliphatic hydroxyl groups is 1. The summed E-state index contributed by atoms with van der Waals surface area (Å²) in [7, 11) is 0. The minimum absolute atomic E-state index is 0.162. The fourth-order valence-corrected chi connectivity index (χ4v) is 1.03. The Morgan fingerprint density at radius 1 is 1.36 bits per heavy atom. The van der Waals surface area contributed by atoms with Gasteiger partial charge in [0.2, 0.25) is 0 Å². The molecule has 2 heteroatoms. The maximum absolute atomic E-state index is 9.42. The van der Waals surface area contributed by atoms with Crippen LogP contribution in [0.3, 0.4) is 0 Å². The van der Waals surface area contributed by atoms with Crippen molar-refractivity contribution in [1.82, 2.24) is 5.32 Å². The third-order valence-electron chi connectivity index (χ3n) is 2.00. The van der Waals surface area contributed by atoms with Crippen molar-refractivity contribution in [2.75, 3.05) is 13.1 Å². The Morgan fingerprint density at radius 2 is 2.00 bits per heavy atom. The largest absolute Gasteiger partial charge is 0.392 e. The lowest BCUT2D eigenvalue weighted by Gasteiger charge is -2.14. The average molecular weight is 159 g/mol. The van der Waals surface area contributed by atoms with E-state index in [2.05, 4.69) is 26.1 Å². The zero-order chi connectivity index (χ0) is 8.69. The van der Waals surface area contributed by atoms with Crippen LogP contribution in [0.5, 0.6) is 0 Å². The lowest BCUT2D eigenvalue weighted by atomic mass is 10.0. The third-order valence-corrected chi connectivity index (χ3v) is 2.00. The van der Waals surface area contributed by atoms with Gasteiger partial charge >= 0.3 is 0 Å². The molecule has 0 saturated carbocycles. The molecule has 0 aliphatic heterocycles. The van der Waals surface area contributed by atoms with E-state index >= 15 is 0 Å². The second kappa shape index (κ2) is 6.62. The predicted molar refractivity (Wildman–Crippen MR) is 48.6 cm³/mol. The summed E-state index contributed by atoms with van der Waals surface area (Å²) in [6, 6.07) is 0. The summed E-state index contributed by atoms with van der Waals surface area (Å²) < 4.78 is 0. The Hall–Kier alpha value is -0.0800. The van der Waals surface area contributed by atoms with E-state index in [9.17, 15) is 5.11 Å². The average Bonchev–Trinajstić information content (AvgIpc) is 2.00. The van der Waals surface area contributed by atoms with Gasteiger partial charge in [-0.25, -0.2) is 0 Å². The van der Waals surface area contributed by atoms with Crippen molar-refractivity contribution in [1.29, 1.82) is 0 Å². The van der Waals surface area contributed by atoms with Crippen LogP contribution < -0.4 is 5.32 Å². The summed E-state index contributed by atoms with van der Waals surface area (Å²) in [5.74, 6) is 0.642. The molecule has 0 aromatic carbocycles. The molecule has 0 aromatic rings. The molecular formula is C9H21NO. The zero-order valence-electron chi connectivity index (χ0n) is 7.93. The monoisotopic (exact) mass is 159 g/mol. The summed E-state index contributed by atoms with van der Waals surface area (Å²) in [6.45, 7) is 8.06. The molecule has 2 nitrogen and oxygen atoms in total. The van der Waals surface area contributed by atoms with Gasteiger partial charge < -0.3 is 10.4 Å². The van der Waals surface area contributed by atoms with Gasteiger partial charge in [-0.05, 0) is 18.9 Å². The second-order valence-corrected chi connectivity index (χ2v) is 3.21. The molecule has 0 amide bonds. The van der Waals surface area contributed by atoms with Crippen molar-refractivity contribution in [3.63, 3.8) is 0 Å². The fourth-order valence-electron chi connectivity index (χ4n) is 1.03. The van der Waals surface area contributed by atoms with E-state index in [0.29, 0.717) is 5.92 Å². The molecule has 0 aliphatic rings. The Morgan fingerprint density at radius 3 is 2.45 bits per heavy atom.